The molecule has 2 amide bonds. The molecule has 27 heavy (non-hydrogen) atoms. The van der Waals surface area contributed by atoms with Crippen molar-refractivity contribution in [3.05, 3.63) is 83.6 Å². The van der Waals surface area contributed by atoms with Gasteiger partial charge in [-0.1, -0.05) is 54.1 Å². The first kappa shape index (κ1) is 17.5. The van der Waals surface area contributed by atoms with Crippen molar-refractivity contribution >= 4 is 39.0 Å². The topological polar surface area (TPSA) is 70.6 Å². The van der Waals surface area contributed by atoms with Crippen LogP contribution in [0.25, 0.3) is 0 Å². The number of carbonyl (C=O) groups excluding carboxylic acids is 1. The van der Waals surface area contributed by atoms with Crippen molar-refractivity contribution in [2.75, 3.05) is 9.21 Å². The number of pyridine rings is 1. The van der Waals surface area contributed by atoms with E-state index in [1.54, 1.807) is 18.2 Å². The predicted molar refractivity (Wildman–Crippen MR) is 103 cm³/mol. The number of hydrogen-bond donors (Lipinski definition) is 0. The van der Waals surface area contributed by atoms with Gasteiger partial charge in [0.2, 0.25) is 0 Å². The van der Waals surface area contributed by atoms with Crippen molar-refractivity contribution in [1.29, 1.82) is 0 Å². The van der Waals surface area contributed by atoms with Crippen molar-refractivity contribution in [3.8, 4) is 0 Å². The maximum atomic E-state index is 13.2. The van der Waals surface area contributed by atoms with Gasteiger partial charge < -0.3 is 0 Å². The zero-order valence-electron chi connectivity index (χ0n) is 14.0. The van der Waals surface area contributed by atoms with E-state index in [1.165, 1.54) is 29.3 Å². The molecular formula is C19H14ClN3O3S. The second kappa shape index (κ2) is 6.68. The van der Waals surface area contributed by atoms with Crippen LogP contribution in [-0.2, 0) is 16.6 Å². The molecule has 2 heterocycles. The molecule has 0 spiro atoms. The molecule has 0 aliphatic carbocycles. The Morgan fingerprint density at radius 3 is 2.30 bits per heavy atom. The van der Waals surface area contributed by atoms with Gasteiger partial charge in [0.15, 0.2) is 5.15 Å². The number of fused-ring (bicyclic) bond motifs is 1. The fourth-order valence-corrected chi connectivity index (χ4v) is 4.85. The molecule has 3 aromatic rings. The van der Waals surface area contributed by atoms with Crippen molar-refractivity contribution in [1.82, 2.24) is 4.98 Å². The molecular weight excluding hydrogens is 386 g/mol. The van der Waals surface area contributed by atoms with Crippen LogP contribution < -0.4 is 9.21 Å². The Morgan fingerprint density at radius 1 is 0.889 bits per heavy atom. The molecule has 4 rings (SSSR count). The molecule has 0 fully saturated rings. The number of anilines is 2. The summed E-state index contributed by atoms with van der Waals surface area (Å²) in [7, 11) is -4.12. The third-order valence-electron chi connectivity index (χ3n) is 4.22. The van der Waals surface area contributed by atoms with Crippen molar-refractivity contribution in [2.45, 2.75) is 11.4 Å². The minimum atomic E-state index is -4.12. The van der Waals surface area contributed by atoms with E-state index in [0.29, 0.717) is 9.99 Å². The first-order valence-corrected chi connectivity index (χ1v) is 9.92. The lowest BCUT2D eigenvalue weighted by Gasteiger charge is -2.36. The van der Waals surface area contributed by atoms with Crippen LogP contribution in [-0.4, -0.2) is 19.4 Å². The Bertz CT molecular complexity index is 1120. The molecule has 8 heteroatoms. The van der Waals surface area contributed by atoms with E-state index in [-0.39, 0.29) is 22.3 Å². The van der Waals surface area contributed by atoms with E-state index in [9.17, 15) is 13.2 Å². The van der Waals surface area contributed by atoms with Gasteiger partial charge >= 0.3 is 6.03 Å². The van der Waals surface area contributed by atoms with Gasteiger partial charge in [-0.15, -0.1) is 0 Å². The van der Waals surface area contributed by atoms with Gasteiger partial charge in [-0.3, -0.25) is 4.90 Å². The lowest BCUT2D eigenvalue weighted by atomic mass is 10.2. The lowest BCUT2D eigenvalue weighted by Crippen LogP contribution is -2.50. The zero-order valence-corrected chi connectivity index (χ0v) is 15.6. The summed E-state index contributed by atoms with van der Waals surface area (Å²) < 4.78 is 27.0. The van der Waals surface area contributed by atoms with Crippen LogP contribution >= 0.6 is 11.6 Å². The number of sulfonamides is 1. The molecule has 1 aliphatic rings. The maximum absolute atomic E-state index is 13.2. The van der Waals surface area contributed by atoms with Gasteiger partial charge in [0.25, 0.3) is 10.0 Å². The second-order valence-corrected chi connectivity index (χ2v) is 8.02. The van der Waals surface area contributed by atoms with Crippen LogP contribution in [0.1, 0.15) is 5.56 Å². The molecule has 0 bridgehead atoms. The van der Waals surface area contributed by atoms with Crippen LogP contribution in [0.3, 0.4) is 0 Å². The molecule has 0 N–H and O–H groups in total. The Kier molecular flexibility index (Phi) is 4.33. The summed E-state index contributed by atoms with van der Waals surface area (Å²) in [5.41, 5.74) is 1.23. The highest BCUT2D eigenvalue weighted by atomic mass is 35.5. The average molecular weight is 400 g/mol. The summed E-state index contributed by atoms with van der Waals surface area (Å²) in [6.45, 7) is 0.223. The van der Waals surface area contributed by atoms with Crippen LogP contribution in [0.5, 0.6) is 0 Å². The first-order valence-electron chi connectivity index (χ1n) is 8.10. The van der Waals surface area contributed by atoms with E-state index in [1.807, 2.05) is 30.3 Å². The number of halogens is 1. The number of para-hydroxylation sites is 1. The van der Waals surface area contributed by atoms with Gasteiger partial charge in [-0.25, -0.2) is 18.2 Å². The van der Waals surface area contributed by atoms with Crippen molar-refractivity contribution < 1.29 is 13.2 Å². The van der Waals surface area contributed by atoms with Crippen LogP contribution in [0.2, 0.25) is 5.15 Å². The molecule has 1 aliphatic heterocycles. The molecule has 0 atom stereocenters. The summed E-state index contributed by atoms with van der Waals surface area (Å²) in [6.07, 6.45) is 1.43. The predicted octanol–water partition coefficient (Wildman–Crippen LogP) is 4.07. The molecule has 0 saturated carbocycles. The third kappa shape index (κ3) is 2.94. The minimum absolute atomic E-state index is 0.0248. The number of urea groups is 1. The van der Waals surface area contributed by atoms with E-state index in [4.69, 9.17) is 11.6 Å². The maximum Gasteiger partial charge on any atom is 0.343 e. The van der Waals surface area contributed by atoms with Gasteiger partial charge in [-0.05, 0) is 29.8 Å². The van der Waals surface area contributed by atoms with E-state index >= 15 is 0 Å². The Labute approximate surface area is 161 Å². The highest BCUT2D eigenvalue weighted by Crippen LogP contribution is 2.39. The van der Waals surface area contributed by atoms with Gasteiger partial charge in [0.1, 0.15) is 4.90 Å². The number of rotatable bonds is 3. The first-order chi connectivity index (χ1) is 13.0. The monoisotopic (exact) mass is 399 g/mol. The lowest BCUT2D eigenvalue weighted by molar-refractivity contribution is 0.253. The number of nitrogens with zero attached hydrogens (tertiary/aromatic N) is 3. The Balaban J connectivity index is 1.90. The fraction of sp³-hybridized carbons (Fsp3) is 0.0526. The van der Waals surface area contributed by atoms with Crippen LogP contribution in [0.4, 0.5) is 16.2 Å². The summed E-state index contributed by atoms with van der Waals surface area (Å²) in [5, 5.41) is -0.0616. The average Bonchev–Trinajstić information content (AvgIpc) is 2.67. The molecule has 0 unspecified atom stereocenters. The minimum Gasteiger partial charge on any atom is -0.287 e. The highest BCUT2D eigenvalue weighted by Gasteiger charge is 2.43. The largest absolute Gasteiger partial charge is 0.343 e. The number of benzene rings is 2. The van der Waals surface area contributed by atoms with Gasteiger partial charge in [0, 0.05) is 6.20 Å². The number of amides is 2. The van der Waals surface area contributed by atoms with E-state index < -0.39 is 16.1 Å². The number of aromatic nitrogens is 1. The summed E-state index contributed by atoms with van der Waals surface area (Å²) in [5.74, 6) is 0. The van der Waals surface area contributed by atoms with Crippen molar-refractivity contribution in [3.63, 3.8) is 0 Å². The molecule has 1 aromatic heterocycles. The molecule has 6 nitrogen and oxygen atoms in total. The number of carbonyl (C=O) groups is 1. The fourth-order valence-electron chi connectivity index (χ4n) is 2.99. The quantitative estimate of drug-likeness (QED) is 0.622. The molecule has 0 saturated heterocycles. The molecule has 0 radical (unpaired) electrons. The SMILES string of the molecule is O=C1N(Cc2ccccc2)c2ccccc2S(=O)(=O)N1c1cccnc1Cl. The standard InChI is InChI=1S/C19H14ClN3O3S/c20-18-16(10-6-12-21-18)23-19(24)22(13-14-7-2-1-3-8-14)15-9-4-5-11-17(15)27(23,25)26/h1-12H,13H2. The second-order valence-electron chi connectivity index (χ2n) is 5.90. The van der Waals surface area contributed by atoms with Crippen LogP contribution in [0.15, 0.2) is 77.8 Å². The summed E-state index contributed by atoms with van der Waals surface area (Å²) in [6, 6.07) is 18.1. The van der Waals surface area contributed by atoms with Gasteiger partial charge in [0.05, 0.1) is 17.9 Å². The smallest absolute Gasteiger partial charge is 0.287 e. The Hall–Kier alpha value is -2.90. The highest BCUT2D eigenvalue weighted by molar-refractivity contribution is 7.94. The normalized spacial score (nSPS) is 15.5. The Morgan fingerprint density at radius 2 is 1.56 bits per heavy atom. The molecule has 136 valence electrons. The van der Waals surface area contributed by atoms with E-state index in [2.05, 4.69) is 4.98 Å². The summed E-state index contributed by atoms with van der Waals surface area (Å²) >= 11 is 6.10. The third-order valence-corrected chi connectivity index (χ3v) is 6.25. The number of hydrogen-bond acceptors (Lipinski definition) is 4. The van der Waals surface area contributed by atoms with Crippen LogP contribution in [0, 0.1) is 0 Å². The van der Waals surface area contributed by atoms with Gasteiger partial charge in [-0.2, -0.15) is 4.31 Å². The zero-order chi connectivity index (χ0) is 19.0. The van der Waals surface area contributed by atoms with E-state index in [0.717, 1.165) is 5.56 Å². The summed E-state index contributed by atoms with van der Waals surface area (Å²) in [4.78, 5) is 18.6. The van der Waals surface area contributed by atoms with Crippen molar-refractivity contribution in [2.24, 2.45) is 0 Å². The molecule has 2 aromatic carbocycles.